The highest BCUT2D eigenvalue weighted by atomic mass is 35.5. The molecule has 2 heterocycles. The van der Waals surface area contributed by atoms with Crippen molar-refractivity contribution in [2.75, 3.05) is 12.8 Å². The van der Waals surface area contributed by atoms with Gasteiger partial charge in [-0.3, -0.25) is 4.79 Å². The number of benzene rings is 1. The van der Waals surface area contributed by atoms with Crippen molar-refractivity contribution in [1.82, 2.24) is 14.9 Å². The first-order valence-electron chi connectivity index (χ1n) is 6.53. The first-order valence-corrected chi connectivity index (χ1v) is 6.91. The maximum Gasteiger partial charge on any atom is 0.254 e. The summed E-state index contributed by atoms with van der Waals surface area (Å²) < 4.78 is 0. The smallest absolute Gasteiger partial charge is 0.254 e. The SMILES string of the molecule is CN1C(=O)c2ccc(-c3nc(N)ncc3Cl)cc2C1(C)C. The van der Waals surface area contributed by atoms with Crippen LogP contribution < -0.4 is 5.73 Å². The van der Waals surface area contributed by atoms with Gasteiger partial charge in [-0.25, -0.2) is 9.97 Å². The van der Waals surface area contributed by atoms with Crippen LogP contribution in [0.1, 0.15) is 29.8 Å². The summed E-state index contributed by atoms with van der Waals surface area (Å²) in [5, 5.41) is 0.430. The van der Waals surface area contributed by atoms with Crippen LogP contribution in [-0.4, -0.2) is 27.8 Å². The van der Waals surface area contributed by atoms with Crippen molar-refractivity contribution in [1.29, 1.82) is 0 Å². The highest BCUT2D eigenvalue weighted by Crippen LogP contribution is 2.40. The second-order valence-electron chi connectivity index (χ2n) is 5.61. The number of fused-ring (bicyclic) bond motifs is 1. The lowest BCUT2D eigenvalue weighted by Gasteiger charge is -2.28. The fraction of sp³-hybridized carbons (Fsp3) is 0.267. The van der Waals surface area contributed by atoms with E-state index in [2.05, 4.69) is 9.97 Å². The number of carbonyl (C=O) groups is 1. The number of rotatable bonds is 1. The quantitative estimate of drug-likeness (QED) is 0.879. The Kier molecular flexibility index (Phi) is 2.92. The zero-order valence-electron chi connectivity index (χ0n) is 12.0. The molecule has 0 aliphatic carbocycles. The van der Waals surface area contributed by atoms with Crippen LogP contribution in [0.5, 0.6) is 0 Å². The van der Waals surface area contributed by atoms with Gasteiger partial charge < -0.3 is 10.6 Å². The van der Waals surface area contributed by atoms with Gasteiger partial charge in [-0.15, -0.1) is 0 Å². The monoisotopic (exact) mass is 302 g/mol. The predicted octanol–water partition coefficient (Wildman–Crippen LogP) is 2.70. The van der Waals surface area contributed by atoms with E-state index in [0.717, 1.165) is 11.1 Å². The minimum atomic E-state index is -0.368. The van der Waals surface area contributed by atoms with Crippen LogP contribution in [0.4, 0.5) is 5.95 Å². The molecule has 2 N–H and O–H groups in total. The number of hydrogen-bond acceptors (Lipinski definition) is 4. The molecule has 1 aromatic heterocycles. The summed E-state index contributed by atoms with van der Waals surface area (Å²) in [6, 6.07) is 5.59. The zero-order valence-corrected chi connectivity index (χ0v) is 12.8. The second-order valence-corrected chi connectivity index (χ2v) is 6.02. The molecule has 1 amide bonds. The molecule has 1 aromatic carbocycles. The van der Waals surface area contributed by atoms with Gasteiger partial charge in [0.15, 0.2) is 0 Å². The molecule has 0 saturated carbocycles. The van der Waals surface area contributed by atoms with Crippen LogP contribution in [0.25, 0.3) is 11.3 Å². The van der Waals surface area contributed by atoms with Gasteiger partial charge >= 0.3 is 0 Å². The number of nitrogen functional groups attached to an aromatic ring is 1. The van der Waals surface area contributed by atoms with Crippen LogP contribution in [0.2, 0.25) is 5.02 Å². The molecule has 0 spiro atoms. The number of anilines is 1. The van der Waals surface area contributed by atoms with Gasteiger partial charge in [-0.05, 0) is 31.5 Å². The molecule has 6 heteroatoms. The summed E-state index contributed by atoms with van der Waals surface area (Å²) in [7, 11) is 1.80. The number of nitrogens with two attached hydrogens (primary N) is 1. The molecule has 0 bridgehead atoms. The summed E-state index contributed by atoms with van der Waals surface area (Å²) in [6.45, 7) is 4.02. The molecule has 5 nitrogen and oxygen atoms in total. The second kappa shape index (κ2) is 4.43. The highest BCUT2D eigenvalue weighted by molar-refractivity contribution is 6.32. The Balaban J connectivity index is 2.20. The van der Waals surface area contributed by atoms with E-state index in [-0.39, 0.29) is 17.4 Å². The summed E-state index contributed by atoms with van der Waals surface area (Å²) >= 11 is 6.15. The van der Waals surface area contributed by atoms with E-state index < -0.39 is 0 Å². The molecule has 2 aromatic rings. The van der Waals surface area contributed by atoms with E-state index in [1.54, 1.807) is 11.9 Å². The predicted molar refractivity (Wildman–Crippen MR) is 82.0 cm³/mol. The largest absolute Gasteiger partial charge is 0.368 e. The van der Waals surface area contributed by atoms with E-state index in [9.17, 15) is 4.79 Å². The number of halogens is 1. The van der Waals surface area contributed by atoms with Crippen LogP contribution in [0.3, 0.4) is 0 Å². The van der Waals surface area contributed by atoms with E-state index in [0.29, 0.717) is 16.3 Å². The summed E-state index contributed by atoms with van der Waals surface area (Å²) in [5.41, 5.74) is 8.33. The van der Waals surface area contributed by atoms with E-state index >= 15 is 0 Å². The van der Waals surface area contributed by atoms with Crippen molar-refractivity contribution in [3.63, 3.8) is 0 Å². The number of amides is 1. The maximum absolute atomic E-state index is 12.2. The third-order valence-electron chi connectivity index (χ3n) is 4.09. The summed E-state index contributed by atoms with van der Waals surface area (Å²) in [6.07, 6.45) is 1.48. The summed E-state index contributed by atoms with van der Waals surface area (Å²) in [5.74, 6) is 0.192. The van der Waals surface area contributed by atoms with Crippen molar-refractivity contribution in [2.45, 2.75) is 19.4 Å². The lowest BCUT2D eigenvalue weighted by atomic mass is 9.91. The van der Waals surface area contributed by atoms with Crippen LogP contribution >= 0.6 is 11.6 Å². The normalized spacial score (nSPS) is 16.2. The van der Waals surface area contributed by atoms with Gasteiger partial charge in [0.25, 0.3) is 5.91 Å². The lowest BCUT2D eigenvalue weighted by Crippen LogP contribution is -2.35. The molecular weight excluding hydrogens is 288 g/mol. The van der Waals surface area contributed by atoms with Gasteiger partial charge in [-0.1, -0.05) is 17.7 Å². The fourth-order valence-electron chi connectivity index (χ4n) is 2.58. The van der Waals surface area contributed by atoms with E-state index in [1.807, 2.05) is 32.0 Å². The molecule has 108 valence electrons. The van der Waals surface area contributed by atoms with Crippen LogP contribution in [0, 0.1) is 0 Å². The van der Waals surface area contributed by atoms with Gasteiger partial charge in [0.1, 0.15) is 0 Å². The number of hydrogen-bond donors (Lipinski definition) is 1. The van der Waals surface area contributed by atoms with E-state index in [1.165, 1.54) is 6.20 Å². The molecule has 0 unspecified atom stereocenters. The fourth-order valence-corrected chi connectivity index (χ4v) is 2.78. The first kappa shape index (κ1) is 13.8. The number of aromatic nitrogens is 2. The Morgan fingerprint density at radius 2 is 2.05 bits per heavy atom. The van der Waals surface area contributed by atoms with Gasteiger partial charge in [-0.2, -0.15) is 0 Å². The van der Waals surface area contributed by atoms with Gasteiger partial charge in [0.05, 0.1) is 22.5 Å². The van der Waals surface area contributed by atoms with Crippen molar-refractivity contribution < 1.29 is 4.79 Å². The Morgan fingerprint density at radius 3 is 2.76 bits per heavy atom. The van der Waals surface area contributed by atoms with Crippen molar-refractivity contribution in [3.8, 4) is 11.3 Å². The first-order chi connectivity index (χ1) is 9.82. The minimum Gasteiger partial charge on any atom is -0.368 e. The van der Waals surface area contributed by atoms with Crippen LogP contribution in [-0.2, 0) is 5.54 Å². The third-order valence-corrected chi connectivity index (χ3v) is 4.37. The summed E-state index contributed by atoms with van der Waals surface area (Å²) in [4.78, 5) is 22.0. The van der Waals surface area contributed by atoms with Crippen molar-refractivity contribution in [3.05, 3.63) is 40.5 Å². The number of carbonyl (C=O) groups excluding carboxylic acids is 1. The number of nitrogens with zero attached hydrogens (tertiary/aromatic N) is 3. The van der Waals surface area contributed by atoms with Crippen LogP contribution in [0.15, 0.2) is 24.4 Å². The standard InChI is InChI=1S/C15H15ClN4O/c1-15(2)10-6-8(4-5-9(10)13(21)20(15)3)12-11(16)7-18-14(17)19-12/h4-7H,1-3H3,(H2,17,18,19). The topological polar surface area (TPSA) is 72.1 Å². The average molecular weight is 303 g/mol. The Hall–Kier alpha value is -2.14. The Labute approximate surface area is 127 Å². The molecule has 3 rings (SSSR count). The molecular formula is C15H15ClN4O. The average Bonchev–Trinajstić information content (AvgIpc) is 2.63. The molecule has 1 aliphatic heterocycles. The molecule has 0 radical (unpaired) electrons. The molecule has 0 atom stereocenters. The van der Waals surface area contributed by atoms with Crippen molar-refractivity contribution in [2.24, 2.45) is 0 Å². The molecule has 0 saturated heterocycles. The Morgan fingerprint density at radius 1 is 1.33 bits per heavy atom. The minimum absolute atomic E-state index is 0.0230. The highest BCUT2D eigenvalue weighted by Gasteiger charge is 2.40. The van der Waals surface area contributed by atoms with E-state index in [4.69, 9.17) is 17.3 Å². The Bertz CT molecular complexity index is 757. The van der Waals surface area contributed by atoms with Gasteiger partial charge in [0.2, 0.25) is 5.95 Å². The van der Waals surface area contributed by atoms with Crippen molar-refractivity contribution >= 4 is 23.5 Å². The molecule has 21 heavy (non-hydrogen) atoms. The molecule has 0 fully saturated rings. The maximum atomic E-state index is 12.2. The third kappa shape index (κ3) is 1.96. The van der Waals surface area contributed by atoms with Gasteiger partial charge in [0, 0.05) is 18.2 Å². The lowest BCUT2D eigenvalue weighted by molar-refractivity contribution is 0.0691. The molecule has 1 aliphatic rings. The zero-order chi connectivity index (χ0) is 15.4.